The molecule has 1 aliphatic carbocycles. The Labute approximate surface area is 283 Å². The highest BCUT2D eigenvalue weighted by Crippen LogP contribution is 2.44. The molecule has 2 amide bonds. The number of carbonyl (C=O) groups is 2. The van der Waals surface area contributed by atoms with E-state index in [0.29, 0.717) is 5.56 Å². The van der Waals surface area contributed by atoms with Crippen LogP contribution >= 0.6 is 0 Å². The number of amides is 2. The zero-order valence-electron chi connectivity index (χ0n) is 26.4. The van der Waals surface area contributed by atoms with Gasteiger partial charge >= 0.3 is 12.5 Å². The van der Waals surface area contributed by atoms with Gasteiger partial charge in [0, 0.05) is 49.7 Å². The zero-order valence-corrected chi connectivity index (χ0v) is 26.4. The Kier molecular flexibility index (Phi) is 9.31. The van der Waals surface area contributed by atoms with Crippen LogP contribution in [0.15, 0.2) is 77.5 Å². The van der Waals surface area contributed by atoms with E-state index in [2.05, 4.69) is 25.3 Å². The van der Waals surface area contributed by atoms with Crippen LogP contribution < -0.4 is 10.6 Å². The number of hydrogen-bond acceptors (Lipinski definition) is 6. The minimum atomic E-state index is -4.95. The molecule has 5 aromatic rings. The number of nitrogens with zero attached hydrogens (tertiary/aromatic N) is 2. The van der Waals surface area contributed by atoms with Crippen LogP contribution in [0.5, 0.6) is 0 Å². The number of aromatic nitrogens is 2. The van der Waals surface area contributed by atoms with Crippen LogP contribution in [-0.4, -0.2) is 47.5 Å². The lowest BCUT2D eigenvalue weighted by Gasteiger charge is -2.46. The van der Waals surface area contributed by atoms with Crippen molar-refractivity contribution in [2.24, 2.45) is 0 Å². The molecule has 1 fully saturated rings. The standard InChI is InChI=1S/C35H26F8N4O4/c1-44-31(49)28-25-15-23(20(9-10-34(38,39)40)14-27(25)50-29(28)18-3-6-21(36)7-4-18)19-5-8-26(37)24(13-19)30(48)47-33(32-45-11-2-12-46-32)16-22(17-33)51-35(41,42)43/h2-8,11-15,22H,9-10,16-17H2,1H3,(H,44,49)(H,47,48). The lowest BCUT2D eigenvalue weighted by molar-refractivity contribution is -0.356. The first-order valence-electron chi connectivity index (χ1n) is 15.3. The second-order valence-corrected chi connectivity index (χ2v) is 11.9. The van der Waals surface area contributed by atoms with E-state index < -0.39 is 66.0 Å². The Morgan fingerprint density at radius 2 is 1.59 bits per heavy atom. The molecule has 3 aromatic carbocycles. The van der Waals surface area contributed by atoms with Crippen LogP contribution in [0.4, 0.5) is 35.1 Å². The van der Waals surface area contributed by atoms with Gasteiger partial charge in [0.15, 0.2) is 5.82 Å². The van der Waals surface area contributed by atoms with Crippen LogP contribution in [0.3, 0.4) is 0 Å². The normalized spacial score (nSPS) is 17.6. The molecule has 1 saturated carbocycles. The molecule has 51 heavy (non-hydrogen) atoms. The lowest BCUT2D eigenvalue weighted by atomic mass is 9.73. The summed E-state index contributed by atoms with van der Waals surface area (Å²) in [6.45, 7) is 0. The van der Waals surface area contributed by atoms with Crippen LogP contribution in [-0.2, 0) is 16.7 Å². The topological polar surface area (TPSA) is 106 Å². The molecule has 16 heteroatoms. The van der Waals surface area contributed by atoms with E-state index >= 15 is 4.39 Å². The largest absolute Gasteiger partial charge is 0.522 e. The number of benzene rings is 3. The molecular formula is C35H26F8N4O4. The molecule has 2 heterocycles. The number of aryl methyl sites for hydroxylation is 1. The molecule has 1 aliphatic rings. The van der Waals surface area contributed by atoms with Crippen molar-refractivity contribution in [1.29, 1.82) is 0 Å². The highest BCUT2D eigenvalue weighted by molar-refractivity contribution is 6.12. The Morgan fingerprint density at radius 3 is 2.22 bits per heavy atom. The summed E-state index contributed by atoms with van der Waals surface area (Å²) >= 11 is 0. The second-order valence-electron chi connectivity index (χ2n) is 11.9. The number of nitrogens with one attached hydrogen (secondary N) is 2. The van der Waals surface area contributed by atoms with Gasteiger partial charge in [0.2, 0.25) is 0 Å². The minimum Gasteiger partial charge on any atom is -0.455 e. The zero-order chi connectivity index (χ0) is 36.7. The third kappa shape index (κ3) is 7.55. The fourth-order valence-corrected chi connectivity index (χ4v) is 6.12. The van der Waals surface area contributed by atoms with Gasteiger partial charge in [-0.1, -0.05) is 6.07 Å². The Hall–Kier alpha value is -5.38. The van der Waals surface area contributed by atoms with Crippen molar-refractivity contribution in [2.75, 3.05) is 7.05 Å². The van der Waals surface area contributed by atoms with E-state index in [1.807, 2.05) is 0 Å². The quantitative estimate of drug-likeness (QED) is 0.150. The molecule has 266 valence electrons. The number of fused-ring (bicyclic) bond motifs is 1. The summed E-state index contributed by atoms with van der Waals surface area (Å²) in [5.41, 5.74) is -1.50. The van der Waals surface area contributed by atoms with Crippen LogP contribution in [0.2, 0.25) is 0 Å². The van der Waals surface area contributed by atoms with E-state index in [0.717, 1.165) is 24.3 Å². The first-order valence-corrected chi connectivity index (χ1v) is 15.3. The fraction of sp³-hybridized carbons (Fsp3) is 0.257. The summed E-state index contributed by atoms with van der Waals surface area (Å²) in [6, 6.07) is 12.4. The smallest absolute Gasteiger partial charge is 0.455 e. The SMILES string of the molecule is CNC(=O)c1c(-c2ccc(F)cc2)oc2cc(CCC(F)(F)F)c(-c3ccc(F)c(C(=O)NC4(c5ncccn5)CC(OC(F)(F)F)C4)c3)cc12. The van der Waals surface area contributed by atoms with Crippen molar-refractivity contribution in [3.8, 4) is 22.5 Å². The first-order chi connectivity index (χ1) is 24.1. The van der Waals surface area contributed by atoms with Crippen LogP contribution in [0.1, 0.15) is 51.4 Å². The summed E-state index contributed by atoms with van der Waals surface area (Å²) in [7, 11) is 1.35. The van der Waals surface area contributed by atoms with Gasteiger partial charge in [0.25, 0.3) is 11.8 Å². The summed E-state index contributed by atoms with van der Waals surface area (Å²) in [6.07, 6.45) is -10.8. The van der Waals surface area contributed by atoms with Crippen molar-refractivity contribution in [3.63, 3.8) is 0 Å². The highest BCUT2D eigenvalue weighted by atomic mass is 19.4. The maximum Gasteiger partial charge on any atom is 0.522 e. The fourth-order valence-electron chi connectivity index (χ4n) is 6.12. The molecule has 0 spiro atoms. The number of furan rings is 1. The Bertz CT molecular complexity index is 2090. The Balaban J connectivity index is 1.43. The number of ether oxygens (including phenoxy) is 1. The maximum atomic E-state index is 15.3. The van der Waals surface area contributed by atoms with Crippen LogP contribution in [0.25, 0.3) is 33.4 Å². The average molecular weight is 719 g/mol. The van der Waals surface area contributed by atoms with Crippen molar-refractivity contribution < 1.29 is 53.9 Å². The lowest BCUT2D eigenvalue weighted by Crippen LogP contribution is -2.59. The highest BCUT2D eigenvalue weighted by Gasteiger charge is 2.53. The van der Waals surface area contributed by atoms with Gasteiger partial charge in [0.1, 0.15) is 28.5 Å². The Morgan fingerprint density at radius 1 is 0.922 bits per heavy atom. The van der Waals surface area contributed by atoms with E-state index in [4.69, 9.17) is 4.42 Å². The summed E-state index contributed by atoms with van der Waals surface area (Å²) < 4.78 is 118. The molecule has 2 N–H and O–H groups in total. The van der Waals surface area contributed by atoms with Gasteiger partial charge in [-0.3, -0.25) is 14.3 Å². The van der Waals surface area contributed by atoms with Gasteiger partial charge in [0.05, 0.1) is 17.2 Å². The van der Waals surface area contributed by atoms with E-state index in [-0.39, 0.29) is 57.6 Å². The molecule has 0 saturated heterocycles. The van der Waals surface area contributed by atoms with Crippen molar-refractivity contribution in [3.05, 3.63) is 107 Å². The number of rotatable bonds is 9. The van der Waals surface area contributed by atoms with Crippen molar-refractivity contribution >= 4 is 22.8 Å². The van der Waals surface area contributed by atoms with Gasteiger partial charge in [-0.15, -0.1) is 13.2 Å². The van der Waals surface area contributed by atoms with Gasteiger partial charge in [-0.05, 0) is 77.7 Å². The number of halogens is 8. The van der Waals surface area contributed by atoms with Gasteiger partial charge in [-0.25, -0.2) is 18.7 Å². The monoisotopic (exact) mass is 718 g/mol. The summed E-state index contributed by atoms with van der Waals surface area (Å²) in [5, 5.41) is 5.20. The number of carbonyl (C=O) groups excluding carboxylic acids is 2. The molecule has 0 aliphatic heterocycles. The van der Waals surface area contributed by atoms with Crippen LogP contribution in [0, 0.1) is 11.6 Å². The van der Waals surface area contributed by atoms with E-state index in [9.17, 15) is 40.3 Å². The number of alkyl halides is 6. The first kappa shape index (κ1) is 35.4. The average Bonchev–Trinajstić information content (AvgIpc) is 3.43. The van der Waals surface area contributed by atoms with Crippen molar-refractivity contribution in [2.45, 2.75) is 49.9 Å². The third-order valence-electron chi connectivity index (χ3n) is 8.47. The summed E-state index contributed by atoms with van der Waals surface area (Å²) in [5.74, 6) is -3.28. The molecule has 0 radical (unpaired) electrons. The molecule has 0 bridgehead atoms. The van der Waals surface area contributed by atoms with Gasteiger partial charge in [-0.2, -0.15) is 13.2 Å². The number of hydrogen-bond donors (Lipinski definition) is 2. The maximum absolute atomic E-state index is 15.3. The predicted molar refractivity (Wildman–Crippen MR) is 166 cm³/mol. The predicted octanol–water partition coefficient (Wildman–Crippen LogP) is 8.01. The van der Waals surface area contributed by atoms with Gasteiger partial charge < -0.3 is 15.1 Å². The molecule has 8 nitrogen and oxygen atoms in total. The van der Waals surface area contributed by atoms with E-state index in [1.165, 1.54) is 55.8 Å². The van der Waals surface area contributed by atoms with Crippen molar-refractivity contribution in [1.82, 2.24) is 20.6 Å². The second kappa shape index (κ2) is 13.4. The molecule has 0 unspecified atom stereocenters. The minimum absolute atomic E-state index is 0.00627. The molecule has 0 atom stereocenters. The van der Waals surface area contributed by atoms with E-state index in [1.54, 1.807) is 0 Å². The molecular weight excluding hydrogens is 692 g/mol. The molecule has 6 rings (SSSR count). The third-order valence-corrected chi connectivity index (χ3v) is 8.47. The summed E-state index contributed by atoms with van der Waals surface area (Å²) in [4.78, 5) is 34.9. The molecule has 2 aromatic heterocycles.